The summed E-state index contributed by atoms with van der Waals surface area (Å²) in [5.74, 6) is -4.29. The van der Waals surface area contributed by atoms with Gasteiger partial charge in [-0.25, -0.2) is 9.59 Å². The lowest BCUT2D eigenvalue weighted by atomic mass is 9.99. The number of hydrogen-bond acceptors (Lipinski definition) is 16. The maximum Gasteiger partial charge on any atom is 0.408 e. The van der Waals surface area contributed by atoms with Gasteiger partial charge in [0.15, 0.2) is 18.3 Å². The van der Waals surface area contributed by atoms with Crippen LogP contribution in [-0.4, -0.2) is 102 Å². The number of amides is 1. The molecule has 1 amide bonds. The lowest BCUT2D eigenvalue weighted by Crippen LogP contribution is -2.61. The van der Waals surface area contributed by atoms with Crippen molar-refractivity contribution in [1.82, 2.24) is 5.32 Å². The van der Waals surface area contributed by atoms with E-state index in [1.54, 1.807) is 51.1 Å². The van der Waals surface area contributed by atoms with Crippen molar-refractivity contribution in [3.05, 3.63) is 35.9 Å². The number of esters is 6. The quantitative estimate of drug-likeness (QED) is 0.148. The molecule has 1 aromatic rings. The zero-order valence-corrected chi connectivity index (χ0v) is 29.9. The van der Waals surface area contributed by atoms with Crippen molar-refractivity contribution < 1.29 is 71.5 Å². The van der Waals surface area contributed by atoms with Gasteiger partial charge in [-0.15, -0.1) is 11.8 Å². The van der Waals surface area contributed by atoms with Crippen molar-refractivity contribution in [3.8, 4) is 0 Å². The van der Waals surface area contributed by atoms with Crippen LogP contribution in [0.1, 0.15) is 66.9 Å². The number of benzene rings is 1. The summed E-state index contributed by atoms with van der Waals surface area (Å²) in [6.45, 7) is 8.92. The molecular weight excluding hydrogens is 682 g/mol. The highest BCUT2D eigenvalue weighted by Gasteiger charge is 2.52. The van der Waals surface area contributed by atoms with Gasteiger partial charge in [0.25, 0.3) is 0 Å². The molecule has 1 heterocycles. The van der Waals surface area contributed by atoms with Crippen LogP contribution in [0, 0.1) is 0 Å². The topological polar surface area (TPSA) is 205 Å². The Morgan fingerprint density at radius 2 is 1.40 bits per heavy atom. The molecule has 1 aromatic carbocycles. The van der Waals surface area contributed by atoms with E-state index >= 15 is 0 Å². The Morgan fingerprint density at radius 1 is 0.800 bits per heavy atom. The molecule has 0 aliphatic carbocycles. The number of thioether (sulfide) groups is 1. The number of nitrogens with one attached hydrogen (secondary N) is 1. The van der Waals surface area contributed by atoms with Crippen LogP contribution in [0.25, 0.3) is 0 Å². The molecule has 17 heteroatoms. The first-order chi connectivity index (χ1) is 23.4. The van der Waals surface area contributed by atoms with E-state index in [9.17, 15) is 33.6 Å². The molecule has 0 aromatic heterocycles. The Kier molecular flexibility index (Phi) is 17.0. The second-order valence-electron chi connectivity index (χ2n) is 12.0. The van der Waals surface area contributed by atoms with Gasteiger partial charge >= 0.3 is 41.9 Å². The predicted molar refractivity (Wildman–Crippen MR) is 174 cm³/mol. The number of ether oxygens (including phenoxy) is 8. The third kappa shape index (κ3) is 15.9. The summed E-state index contributed by atoms with van der Waals surface area (Å²) in [6, 6.07) is 7.44. The maximum atomic E-state index is 12.9. The molecule has 1 fully saturated rings. The Bertz CT molecular complexity index is 1330. The molecule has 1 aliphatic rings. The second kappa shape index (κ2) is 20.3. The zero-order chi connectivity index (χ0) is 37.4. The van der Waals surface area contributed by atoms with Crippen LogP contribution in [0.2, 0.25) is 0 Å². The van der Waals surface area contributed by atoms with E-state index in [1.807, 2.05) is 0 Å². The first kappa shape index (κ1) is 41.8. The number of alkyl carbamates (subject to hydrolysis) is 1. The summed E-state index contributed by atoms with van der Waals surface area (Å²) >= 11 is 1.12. The van der Waals surface area contributed by atoms with Gasteiger partial charge in [-0.1, -0.05) is 30.3 Å². The maximum absolute atomic E-state index is 12.9. The van der Waals surface area contributed by atoms with Crippen molar-refractivity contribution in [1.29, 1.82) is 0 Å². The number of rotatable bonds is 16. The van der Waals surface area contributed by atoms with Crippen molar-refractivity contribution in [2.24, 2.45) is 0 Å². The lowest BCUT2D eigenvalue weighted by molar-refractivity contribution is -0.237. The molecule has 0 spiro atoms. The monoisotopic (exact) mass is 727 g/mol. The molecular formula is C33H45NO15S. The Balaban J connectivity index is 2.06. The van der Waals surface area contributed by atoms with E-state index in [-0.39, 0.29) is 32.0 Å². The molecule has 50 heavy (non-hydrogen) atoms. The number of carbonyl (C=O) groups excluding carboxylic acids is 7. The third-order valence-electron chi connectivity index (χ3n) is 6.35. The van der Waals surface area contributed by atoms with Crippen LogP contribution in [0.4, 0.5) is 4.79 Å². The highest BCUT2D eigenvalue weighted by molar-refractivity contribution is 7.99. The largest absolute Gasteiger partial charge is 0.466 e. The van der Waals surface area contributed by atoms with Gasteiger partial charge in [-0.3, -0.25) is 24.0 Å². The van der Waals surface area contributed by atoms with Crippen molar-refractivity contribution in [2.45, 2.75) is 109 Å². The smallest absolute Gasteiger partial charge is 0.408 e. The van der Waals surface area contributed by atoms with E-state index in [4.69, 9.17) is 37.9 Å². The van der Waals surface area contributed by atoms with Gasteiger partial charge in [-0.2, -0.15) is 0 Å². The van der Waals surface area contributed by atoms with Crippen molar-refractivity contribution in [2.75, 3.05) is 19.0 Å². The minimum atomic E-state index is -1.40. The van der Waals surface area contributed by atoms with Gasteiger partial charge in [0, 0.05) is 27.7 Å². The summed E-state index contributed by atoms with van der Waals surface area (Å²) in [5, 5.41) is 2.36. The van der Waals surface area contributed by atoms with Crippen molar-refractivity contribution in [3.63, 3.8) is 0 Å². The first-order valence-corrected chi connectivity index (χ1v) is 16.8. The van der Waals surface area contributed by atoms with Gasteiger partial charge in [0.05, 0.1) is 13.0 Å². The highest BCUT2D eigenvalue weighted by Crippen LogP contribution is 2.34. The lowest BCUT2D eigenvalue weighted by Gasteiger charge is -2.44. The Morgan fingerprint density at radius 3 is 1.98 bits per heavy atom. The van der Waals surface area contributed by atoms with Gasteiger partial charge in [0.1, 0.15) is 36.4 Å². The Labute approximate surface area is 294 Å². The molecule has 0 saturated carbocycles. The molecule has 1 aliphatic heterocycles. The summed E-state index contributed by atoms with van der Waals surface area (Å²) in [4.78, 5) is 85.5. The molecule has 16 nitrogen and oxygen atoms in total. The zero-order valence-electron chi connectivity index (χ0n) is 29.1. The minimum absolute atomic E-state index is 0.0856. The van der Waals surface area contributed by atoms with Crippen LogP contribution in [0.3, 0.4) is 0 Å². The fraction of sp³-hybridized carbons (Fsp3) is 0.606. The van der Waals surface area contributed by atoms with Crippen molar-refractivity contribution >= 4 is 53.7 Å². The van der Waals surface area contributed by atoms with Gasteiger partial charge in [-0.05, 0) is 38.5 Å². The molecule has 1 N–H and O–H groups in total. The predicted octanol–water partition coefficient (Wildman–Crippen LogP) is 2.76. The molecule has 0 unspecified atom stereocenters. The average Bonchev–Trinajstić information content (AvgIpc) is 3.00. The van der Waals surface area contributed by atoms with Gasteiger partial charge < -0.3 is 43.2 Å². The highest BCUT2D eigenvalue weighted by atomic mass is 32.2. The van der Waals surface area contributed by atoms with Crippen LogP contribution >= 0.6 is 11.8 Å². The molecule has 6 atom stereocenters. The van der Waals surface area contributed by atoms with Crippen LogP contribution < -0.4 is 5.32 Å². The number of hydrogen-bond donors (Lipinski definition) is 1. The fourth-order valence-electron chi connectivity index (χ4n) is 4.47. The van der Waals surface area contributed by atoms with E-state index in [0.29, 0.717) is 5.56 Å². The normalized spacial score (nSPS) is 20.7. The van der Waals surface area contributed by atoms with Gasteiger partial charge in [0.2, 0.25) is 0 Å². The SMILES string of the molecule is CC(=O)OC[C@H]1O[C@H](SCCCOC(=O)C[C@H](NC(=O)OC(C)(C)C)C(=O)OCc2ccccc2)[C@@H](OC(C)=O)[C@@H](OC(C)=O)[C@@H]1OC(C)=O. The molecule has 0 bridgehead atoms. The summed E-state index contributed by atoms with van der Waals surface area (Å²) in [7, 11) is 0. The summed E-state index contributed by atoms with van der Waals surface area (Å²) < 4.78 is 43.2. The summed E-state index contributed by atoms with van der Waals surface area (Å²) in [5.41, 5.74) is -1.15. The van der Waals surface area contributed by atoms with Crippen LogP contribution in [0.5, 0.6) is 0 Å². The van der Waals surface area contributed by atoms with Crippen LogP contribution in [-0.2, 0) is 73.3 Å². The average molecular weight is 728 g/mol. The first-order valence-electron chi connectivity index (χ1n) is 15.7. The third-order valence-corrected chi connectivity index (χ3v) is 7.58. The molecule has 1 saturated heterocycles. The van der Waals surface area contributed by atoms with E-state index in [0.717, 1.165) is 32.5 Å². The van der Waals surface area contributed by atoms with E-state index in [2.05, 4.69) is 5.32 Å². The molecule has 0 radical (unpaired) electrons. The fourth-order valence-corrected chi connectivity index (χ4v) is 5.60. The van der Waals surface area contributed by atoms with E-state index < -0.39 is 89.8 Å². The second-order valence-corrected chi connectivity index (χ2v) is 13.2. The van der Waals surface area contributed by atoms with E-state index in [1.165, 1.54) is 6.92 Å². The van der Waals surface area contributed by atoms with Crippen LogP contribution in [0.15, 0.2) is 30.3 Å². The Hall–Kier alpha value is -4.38. The molecule has 278 valence electrons. The summed E-state index contributed by atoms with van der Waals surface area (Å²) in [6.07, 6.45) is -6.13. The molecule has 2 rings (SSSR count). The minimum Gasteiger partial charge on any atom is -0.466 e. The number of carbonyl (C=O) groups is 7. The standard InChI is InChI=1S/C33H45NO15S/c1-19(35)43-18-25-27(45-20(2)36)28(46-21(3)37)29(47-22(4)38)31(48-25)50-15-11-14-42-26(39)16-24(34-32(41)49-33(5,6)7)30(40)44-17-23-12-9-8-10-13-23/h8-10,12-13,24-25,27-29,31H,11,14-18H2,1-7H3,(H,34,41)/t24-,25+,27+,28-,29-,31+/m0/s1.